The molecule has 0 saturated carbocycles. The van der Waals surface area contributed by atoms with Gasteiger partial charge in [-0.1, -0.05) is 18.2 Å². The van der Waals surface area contributed by atoms with Crippen LogP contribution in [0.3, 0.4) is 0 Å². The van der Waals surface area contributed by atoms with Crippen LogP contribution in [-0.2, 0) is 11.8 Å². The van der Waals surface area contributed by atoms with Crippen LogP contribution < -0.4 is 10.2 Å². The van der Waals surface area contributed by atoms with E-state index in [1.165, 1.54) is 0 Å². The van der Waals surface area contributed by atoms with Crippen LogP contribution in [0.4, 0.5) is 11.5 Å². The van der Waals surface area contributed by atoms with E-state index in [-0.39, 0.29) is 11.8 Å². The Kier molecular flexibility index (Phi) is 3.95. The highest BCUT2D eigenvalue weighted by Crippen LogP contribution is 2.42. The van der Waals surface area contributed by atoms with Crippen LogP contribution in [0.1, 0.15) is 23.5 Å². The van der Waals surface area contributed by atoms with E-state index in [0.717, 1.165) is 34.0 Å². The van der Waals surface area contributed by atoms with Gasteiger partial charge in [0, 0.05) is 50.9 Å². The molecule has 26 heavy (non-hydrogen) atoms. The molecule has 6 heteroatoms. The maximum absolute atomic E-state index is 12.3. The number of anilines is 2. The van der Waals surface area contributed by atoms with Crippen LogP contribution >= 0.6 is 0 Å². The van der Waals surface area contributed by atoms with Gasteiger partial charge in [-0.15, -0.1) is 0 Å². The first-order valence-electron chi connectivity index (χ1n) is 8.60. The second kappa shape index (κ2) is 6.29. The van der Waals surface area contributed by atoms with E-state index in [1.54, 1.807) is 10.9 Å². The predicted octanol–water partition coefficient (Wildman–Crippen LogP) is 3.02. The van der Waals surface area contributed by atoms with E-state index in [9.17, 15) is 4.79 Å². The van der Waals surface area contributed by atoms with Gasteiger partial charge < -0.3 is 10.2 Å². The Hall–Kier alpha value is -3.15. The van der Waals surface area contributed by atoms with Crippen LogP contribution in [0.2, 0.25) is 0 Å². The Morgan fingerprint density at radius 1 is 1.15 bits per heavy atom. The topological polar surface area (TPSA) is 63.1 Å². The first-order chi connectivity index (χ1) is 12.5. The van der Waals surface area contributed by atoms with E-state index in [0.29, 0.717) is 6.42 Å². The molecule has 0 unspecified atom stereocenters. The normalized spacial score (nSPS) is 16.1. The number of carbonyl (C=O) groups is 1. The number of aryl methyl sites for hydroxylation is 1. The van der Waals surface area contributed by atoms with E-state index in [2.05, 4.69) is 44.6 Å². The quantitative estimate of drug-likeness (QED) is 0.791. The van der Waals surface area contributed by atoms with Crippen molar-refractivity contribution in [2.24, 2.45) is 7.05 Å². The molecule has 2 aromatic heterocycles. The zero-order chi connectivity index (χ0) is 18.3. The van der Waals surface area contributed by atoms with Gasteiger partial charge in [-0.25, -0.2) is 0 Å². The predicted molar refractivity (Wildman–Crippen MR) is 102 cm³/mol. The molecule has 0 aliphatic carbocycles. The summed E-state index contributed by atoms with van der Waals surface area (Å²) < 4.78 is 1.73. The number of nitrogens with zero attached hydrogens (tertiary/aromatic N) is 4. The zero-order valence-corrected chi connectivity index (χ0v) is 15.1. The largest absolute Gasteiger partial charge is 0.378 e. The molecule has 132 valence electrons. The van der Waals surface area contributed by atoms with E-state index in [1.807, 2.05) is 39.3 Å². The second-order valence-electron chi connectivity index (χ2n) is 6.74. The monoisotopic (exact) mass is 347 g/mol. The van der Waals surface area contributed by atoms with Crippen molar-refractivity contribution >= 4 is 17.4 Å². The summed E-state index contributed by atoms with van der Waals surface area (Å²) in [6.07, 6.45) is 2.17. The molecule has 6 nitrogen and oxygen atoms in total. The number of nitrogens with one attached hydrogen (secondary N) is 1. The molecule has 4 rings (SSSR count). The SMILES string of the molecule is CN(C)c1ccc([C@H]2CC(=O)Nc3c2c(-c2ccccn2)nn3C)cc1. The lowest BCUT2D eigenvalue weighted by molar-refractivity contribution is -0.116. The summed E-state index contributed by atoms with van der Waals surface area (Å²) in [6.45, 7) is 0. The van der Waals surface area contributed by atoms with Gasteiger partial charge in [0.1, 0.15) is 11.5 Å². The summed E-state index contributed by atoms with van der Waals surface area (Å²) in [5.41, 5.74) is 4.91. The number of amides is 1. The minimum absolute atomic E-state index is 0.00903. The number of hydrogen-bond acceptors (Lipinski definition) is 4. The Bertz CT molecular complexity index is 944. The number of fused-ring (bicyclic) bond motifs is 1. The molecule has 3 heterocycles. The summed E-state index contributed by atoms with van der Waals surface area (Å²) in [7, 11) is 5.88. The highest BCUT2D eigenvalue weighted by Gasteiger charge is 2.33. The second-order valence-corrected chi connectivity index (χ2v) is 6.74. The lowest BCUT2D eigenvalue weighted by atomic mass is 9.85. The minimum Gasteiger partial charge on any atom is -0.378 e. The van der Waals surface area contributed by atoms with Crippen LogP contribution in [0.5, 0.6) is 0 Å². The van der Waals surface area contributed by atoms with Crippen molar-refractivity contribution in [1.29, 1.82) is 0 Å². The van der Waals surface area contributed by atoms with E-state index >= 15 is 0 Å². The summed E-state index contributed by atoms with van der Waals surface area (Å²) in [5, 5.41) is 7.62. The third kappa shape index (κ3) is 2.73. The van der Waals surface area contributed by atoms with Gasteiger partial charge in [-0.3, -0.25) is 14.5 Å². The lowest BCUT2D eigenvalue weighted by Gasteiger charge is -2.25. The molecule has 0 fully saturated rings. The van der Waals surface area contributed by atoms with Gasteiger partial charge in [0.05, 0.1) is 5.69 Å². The number of carbonyl (C=O) groups excluding carboxylic acids is 1. The lowest BCUT2D eigenvalue weighted by Crippen LogP contribution is -2.24. The summed E-state index contributed by atoms with van der Waals surface area (Å²) >= 11 is 0. The molecule has 3 aromatic rings. The van der Waals surface area contributed by atoms with Crippen LogP contribution in [-0.4, -0.2) is 34.8 Å². The van der Waals surface area contributed by atoms with Crippen molar-refractivity contribution in [2.75, 3.05) is 24.3 Å². The van der Waals surface area contributed by atoms with Gasteiger partial charge in [-0.2, -0.15) is 5.10 Å². The first kappa shape index (κ1) is 16.3. The fourth-order valence-corrected chi connectivity index (χ4v) is 3.47. The standard InChI is InChI=1S/C20H21N5O/c1-24(2)14-9-7-13(8-10-14)15-12-17(26)22-20-18(15)19(23-25(20)3)16-6-4-5-11-21-16/h4-11,15H,12H2,1-3H3,(H,22,26)/t15-/m1/s1. The number of pyridine rings is 1. The molecule has 1 atom stereocenters. The highest BCUT2D eigenvalue weighted by molar-refractivity contribution is 5.96. The van der Waals surface area contributed by atoms with Crippen LogP contribution in [0, 0.1) is 0 Å². The van der Waals surface area contributed by atoms with Crippen molar-refractivity contribution < 1.29 is 4.79 Å². The Morgan fingerprint density at radius 3 is 2.58 bits per heavy atom. The van der Waals surface area contributed by atoms with Crippen molar-refractivity contribution in [1.82, 2.24) is 14.8 Å². The molecular formula is C20H21N5O. The van der Waals surface area contributed by atoms with Gasteiger partial charge in [0.15, 0.2) is 0 Å². The fourth-order valence-electron chi connectivity index (χ4n) is 3.47. The van der Waals surface area contributed by atoms with Crippen molar-refractivity contribution in [3.05, 3.63) is 59.8 Å². The van der Waals surface area contributed by atoms with E-state index < -0.39 is 0 Å². The summed E-state index contributed by atoms with van der Waals surface area (Å²) in [5.74, 6) is 0.721. The third-order valence-electron chi connectivity index (χ3n) is 4.80. The van der Waals surface area contributed by atoms with Gasteiger partial charge in [0.2, 0.25) is 5.91 Å². The average Bonchev–Trinajstić information content (AvgIpc) is 2.98. The van der Waals surface area contributed by atoms with Crippen molar-refractivity contribution in [3.63, 3.8) is 0 Å². The molecule has 0 bridgehead atoms. The van der Waals surface area contributed by atoms with Crippen molar-refractivity contribution in [3.8, 4) is 11.4 Å². The Morgan fingerprint density at radius 2 is 1.92 bits per heavy atom. The highest BCUT2D eigenvalue weighted by atomic mass is 16.1. The third-order valence-corrected chi connectivity index (χ3v) is 4.80. The number of benzene rings is 1. The Balaban J connectivity index is 1.85. The molecule has 1 aliphatic heterocycles. The van der Waals surface area contributed by atoms with Gasteiger partial charge in [0.25, 0.3) is 0 Å². The number of rotatable bonds is 3. The average molecular weight is 347 g/mol. The summed E-state index contributed by atoms with van der Waals surface area (Å²) in [6, 6.07) is 14.1. The maximum atomic E-state index is 12.3. The van der Waals surface area contributed by atoms with E-state index in [4.69, 9.17) is 0 Å². The van der Waals surface area contributed by atoms with Gasteiger partial charge in [-0.05, 0) is 29.8 Å². The zero-order valence-electron chi connectivity index (χ0n) is 15.1. The van der Waals surface area contributed by atoms with Crippen LogP contribution in [0.15, 0.2) is 48.7 Å². The molecule has 1 aliphatic rings. The first-order valence-corrected chi connectivity index (χ1v) is 8.60. The molecule has 0 spiro atoms. The molecule has 1 aromatic carbocycles. The smallest absolute Gasteiger partial charge is 0.226 e. The summed E-state index contributed by atoms with van der Waals surface area (Å²) in [4.78, 5) is 18.8. The van der Waals surface area contributed by atoms with Crippen LogP contribution in [0.25, 0.3) is 11.4 Å². The van der Waals surface area contributed by atoms with Crippen molar-refractivity contribution in [2.45, 2.75) is 12.3 Å². The fraction of sp³-hybridized carbons (Fsp3) is 0.250. The molecule has 0 saturated heterocycles. The molecular weight excluding hydrogens is 326 g/mol. The maximum Gasteiger partial charge on any atom is 0.226 e. The number of hydrogen-bond donors (Lipinski definition) is 1. The molecule has 1 N–H and O–H groups in total. The van der Waals surface area contributed by atoms with Gasteiger partial charge >= 0.3 is 0 Å². The number of aromatic nitrogens is 3. The Labute approximate surface area is 152 Å². The molecule has 1 amide bonds. The minimum atomic E-state index is -0.0410. The molecule has 0 radical (unpaired) electrons.